The van der Waals surface area contributed by atoms with Crippen LogP contribution in [0.5, 0.6) is 0 Å². The summed E-state index contributed by atoms with van der Waals surface area (Å²) in [5.41, 5.74) is 1.86. The molecule has 0 aromatic heterocycles. The highest BCUT2D eigenvalue weighted by atomic mass is 32.2. The van der Waals surface area contributed by atoms with Crippen LogP contribution in [0.1, 0.15) is 13.8 Å². The molecule has 3 heteroatoms. The van der Waals surface area contributed by atoms with Gasteiger partial charge in [-0.1, -0.05) is 43.5 Å². The van der Waals surface area contributed by atoms with Gasteiger partial charge in [-0.25, -0.2) is 8.42 Å². The minimum atomic E-state index is -3.25. The van der Waals surface area contributed by atoms with E-state index >= 15 is 0 Å². The fraction of sp³-hybridized carbons (Fsp3) is 0.231. The van der Waals surface area contributed by atoms with Crippen molar-refractivity contribution in [2.24, 2.45) is 0 Å². The number of hydrogen-bond donors (Lipinski definition) is 0. The third-order valence-corrected chi connectivity index (χ3v) is 3.20. The Labute approximate surface area is 98.3 Å². The van der Waals surface area contributed by atoms with E-state index in [-0.39, 0.29) is 4.91 Å². The molecule has 0 aromatic rings. The molecule has 2 nitrogen and oxygen atoms in total. The average Bonchev–Trinajstić information content (AvgIpc) is 2.12. The largest absolute Gasteiger partial charge is 0.224 e. The van der Waals surface area contributed by atoms with Gasteiger partial charge in [0.1, 0.15) is 0 Å². The van der Waals surface area contributed by atoms with Gasteiger partial charge in [-0.05, 0) is 25.0 Å². The molecule has 0 aromatic carbocycles. The van der Waals surface area contributed by atoms with Crippen LogP contribution < -0.4 is 0 Å². The normalized spacial score (nSPS) is 12.8. The van der Waals surface area contributed by atoms with Crippen LogP contribution in [0, 0.1) is 0 Å². The second-order valence-corrected chi connectivity index (χ2v) is 5.59. The van der Waals surface area contributed by atoms with E-state index in [0.717, 1.165) is 11.8 Å². The van der Waals surface area contributed by atoms with E-state index in [9.17, 15) is 8.42 Å². The summed E-state index contributed by atoms with van der Waals surface area (Å²) in [6.07, 6.45) is 6.16. The highest BCUT2D eigenvalue weighted by Gasteiger charge is 2.14. The highest BCUT2D eigenvalue weighted by molar-refractivity contribution is 7.94. The molecule has 0 aliphatic carbocycles. The Bertz CT molecular complexity index is 474. The molecular weight excluding hydrogens is 220 g/mol. The van der Waals surface area contributed by atoms with Gasteiger partial charge in [0.2, 0.25) is 0 Å². The maximum absolute atomic E-state index is 11.4. The molecule has 0 fully saturated rings. The van der Waals surface area contributed by atoms with Gasteiger partial charge in [-0.15, -0.1) is 0 Å². The molecule has 16 heavy (non-hydrogen) atoms. The Morgan fingerprint density at radius 3 is 1.94 bits per heavy atom. The van der Waals surface area contributed by atoms with Crippen LogP contribution >= 0.6 is 0 Å². The molecule has 0 spiro atoms. The monoisotopic (exact) mass is 238 g/mol. The molecule has 0 bridgehead atoms. The number of rotatable bonds is 5. The quantitative estimate of drug-likeness (QED) is 0.689. The summed E-state index contributed by atoms with van der Waals surface area (Å²) in [7, 11) is -3.25. The van der Waals surface area contributed by atoms with Crippen molar-refractivity contribution in [3.63, 3.8) is 0 Å². The Morgan fingerprint density at radius 2 is 1.62 bits per heavy atom. The summed E-state index contributed by atoms with van der Waals surface area (Å²) in [5.74, 6) is 0. The molecule has 0 unspecified atom stereocenters. The Morgan fingerprint density at radius 1 is 1.12 bits per heavy atom. The Hall–Kier alpha value is -1.35. The standard InChI is InChI=1S/C13H18O2S/c1-7-13(16(6,14)15)12(5)11(4)9-8-10(2)3/h7-9H,2,4-5H2,1,3,6H3/b9-8-,13-7+. The summed E-state index contributed by atoms with van der Waals surface area (Å²) in [5, 5.41) is 0. The lowest BCUT2D eigenvalue weighted by atomic mass is 10.1. The van der Waals surface area contributed by atoms with E-state index in [1.54, 1.807) is 19.1 Å². The number of hydrogen-bond acceptors (Lipinski definition) is 2. The second kappa shape index (κ2) is 5.66. The lowest BCUT2D eigenvalue weighted by molar-refractivity contribution is 0.608. The number of sulfone groups is 1. The minimum absolute atomic E-state index is 0.212. The van der Waals surface area contributed by atoms with Crippen molar-refractivity contribution in [1.82, 2.24) is 0 Å². The van der Waals surface area contributed by atoms with Crippen molar-refractivity contribution in [1.29, 1.82) is 0 Å². The molecule has 0 aliphatic rings. The second-order valence-electron chi connectivity index (χ2n) is 3.61. The third-order valence-electron chi connectivity index (χ3n) is 1.92. The molecule has 0 N–H and O–H groups in total. The van der Waals surface area contributed by atoms with Gasteiger partial charge < -0.3 is 0 Å². The predicted molar refractivity (Wildman–Crippen MR) is 70.8 cm³/mol. The summed E-state index contributed by atoms with van der Waals surface area (Å²) in [4.78, 5) is 0.212. The van der Waals surface area contributed by atoms with Gasteiger partial charge in [0.25, 0.3) is 0 Å². The average molecular weight is 238 g/mol. The fourth-order valence-corrected chi connectivity index (χ4v) is 2.12. The summed E-state index contributed by atoms with van der Waals surface area (Å²) < 4.78 is 22.9. The lowest BCUT2D eigenvalue weighted by Crippen LogP contribution is -2.03. The Balaban J connectivity index is 5.10. The van der Waals surface area contributed by atoms with Crippen molar-refractivity contribution in [2.75, 3.05) is 6.26 Å². The summed E-state index contributed by atoms with van der Waals surface area (Å²) in [6, 6.07) is 0. The first-order valence-corrected chi connectivity index (χ1v) is 6.67. The van der Waals surface area contributed by atoms with Crippen LogP contribution in [0.2, 0.25) is 0 Å². The molecule has 0 radical (unpaired) electrons. The Kier molecular flexibility index (Phi) is 5.18. The molecule has 0 atom stereocenters. The molecule has 0 heterocycles. The molecule has 88 valence electrons. The first-order chi connectivity index (χ1) is 7.20. The third kappa shape index (κ3) is 4.45. The van der Waals surface area contributed by atoms with Crippen molar-refractivity contribution in [3.8, 4) is 0 Å². The fourth-order valence-electron chi connectivity index (χ4n) is 1.11. The lowest BCUT2D eigenvalue weighted by Gasteiger charge is -2.08. The van der Waals surface area contributed by atoms with E-state index < -0.39 is 9.84 Å². The minimum Gasteiger partial charge on any atom is -0.224 e. The first kappa shape index (κ1) is 14.6. The van der Waals surface area contributed by atoms with E-state index in [2.05, 4.69) is 19.7 Å². The zero-order chi connectivity index (χ0) is 12.9. The summed E-state index contributed by atoms with van der Waals surface area (Å²) >= 11 is 0. The van der Waals surface area contributed by atoms with Gasteiger partial charge >= 0.3 is 0 Å². The topological polar surface area (TPSA) is 34.1 Å². The van der Waals surface area contributed by atoms with Crippen molar-refractivity contribution in [2.45, 2.75) is 13.8 Å². The molecule has 0 rings (SSSR count). The van der Waals surface area contributed by atoms with Crippen molar-refractivity contribution in [3.05, 3.63) is 59.6 Å². The van der Waals surface area contributed by atoms with E-state index in [0.29, 0.717) is 11.1 Å². The van der Waals surface area contributed by atoms with Gasteiger partial charge in [0, 0.05) is 6.26 Å². The van der Waals surface area contributed by atoms with Crippen molar-refractivity contribution >= 4 is 9.84 Å². The molecule has 0 aliphatic heterocycles. The highest BCUT2D eigenvalue weighted by Crippen LogP contribution is 2.21. The molecular formula is C13H18O2S. The van der Waals surface area contributed by atoms with Crippen LogP contribution in [0.15, 0.2) is 59.6 Å². The van der Waals surface area contributed by atoms with Crippen molar-refractivity contribution < 1.29 is 8.42 Å². The zero-order valence-corrected chi connectivity index (χ0v) is 10.9. The van der Waals surface area contributed by atoms with Crippen LogP contribution in [0.25, 0.3) is 0 Å². The maximum Gasteiger partial charge on any atom is 0.175 e. The maximum atomic E-state index is 11.4. The number of allylic oxidation sites excluding steroid dienone is 6. The van der Waals surface area contributed by atoms with Gasteiger partial charge in [-0.2, -0.15) is 0 Å². The van der Waals surface area contributed by atoms with E-state index in [4.69, 9.17) is 0 Å². The molecule has 0 saturated heterocycles. The van der Waals surface area contributed by atoms with E-state index in [1.165, 1.54) is 6.08 Å². The van der Waals surface area contributed by atoms with Crippen LogP contribution in [-0.4, -0.2) is 14.7 Å². The molecule has 0 amide bonds. The van der Waals surface area contributed by atoms with Gasteiger partial charge in [0.05, 0.1) is 4.91 Å². The smallest absolute Gasteiger partial charge is 0.175 e. The predicted octanol–water partition coefficient (Wildman–Crippen LogP) is 3.18. The summed E-state index contributed by atoms with van der Waals surface area (Å²) in [6.45, 7) is 14.7. The van der Waals surface area contributed by atoms with Crippen LogP contribution in [0.3, 0.4) is 0 Å². The van der Waals surface area contributed by atoms with Crippen LogP contribution in [-0.2, 0) is 9.84 Å². The SMILES string of the molecule is C=C(C)/C=C\C(=C)C(=C)/C(=C\C)S(C)(=O)=O. The zero-order valence-electron chi connectivity index (χ0n) is 10.1. The first-order valence-electron chi connectivity index (χ1n) is 4.78. The van der Waals surface area contributed by atoms with E-state index in [1.807, 2.05) is 6.92 Å². The van der Waals surface area contributed by atoms with Gasteiger partial charge in [-0.3, -0.25) is 0 Å². The van der Waals surface area contributed by atoms with Crippen LogP contribution in [0.4, 0.5) is 0 Å². The van der Waals surface area contributed by atoms with Gasteiger partial charge in [0.15, 0.2) is 9.84 Å². The molecule has 0 saturated carbocycles.